The summed E-state index contributed by atoms with van der Waals surface area (Å²) >= 11 is 0. The fraction of sp³-hybridized carbons (Fsp3) is 0.120. The molecule has 4 nitrogen and oxygen atoms in total. The highest BCUT2D eigenvalue weighted by Crippen LogP contribution is 2.32. The Hall–Kier alpha value is -3.66. The van der Waals surface area contributed by atoms with Crippen molar-refractivity contribution < 1.29 is 9.90 Å². The van der Waals surface area contributed by atoms with Crippen molar-refractivity contribution in [2.45, 2.75) is 20.4 Å². The monoisotopic (exact) mass is 383 g/mol. The summed E-state index contributed by atoms with van der Waals surface area (Å²) in [6.07, 6.45) is 0. The highest BCUT2D eigenvalue weighted by atomic mass is 16.4. The quantitative estimate of drug-likeness (QED) is 0.538. The largest absolute Gasteiger partial charge is 0.477 e. The summed E-state index contributed by atoms with van der Waals surface area (Å²) in [5.41, 5.74) is 4.17. The van der Waals surface area contributed by atoms with Crippen molar-refractivity contribution in [1.29, 1.82) is 0 Å². The summed E-state index contributed by atoms with van der Waals surface area (Å²) in [6.45, 7) is 4.22. The molecule has 4 aromatic rings. The van der Waals surface area contributed by atoms with Gasteiger partial charge in [-0.3, -0.25) is 9.36 Å². The van der Waals surface area contributed by atoms with Crippen LogP contribution in [0.2, 0.25) is 0 Å². The van der Waals surface area contributed by atoms with Crippen molar-refractivity contribution in [3.05, 3.63) is 106 Å². The maximum absolute atomic E-state index is 13.3. The van der Waals surface area contributed by atoms with E-state index in [-0.39, 0.29) is 17.8 Å². The van der Waals surface area contributed by atoms with Gasteiger partial charge in [0.05, 0.1) is 6.54 Å². The Morgan fingerprint density at radius 3 is 2.17 bits per heavy atom. The summed E-state index contributed by atoms with van der Waals surface area (Å²) in [6, 6.07) is 22.6. The molecule has 0 unspecified atom stereocenters. The van der Waals surface area contributed by atoms with E-state index in [1.165, 1.54) is 4.57 Å². The Balaban J connectivity index is 2.11. The van der Waals surface area contributed by atoms with Crippen molar-refractivity contribution >= 4 is 16.7 Å². The first-order valence-corrected chi connectivity index (χ1v) is 9.47. The van der Waals surface area contributed by atoms with Crippen LogP contribution in [-0.4, -0.2) is 15.6 Å². The molecular weight excluding hydrogens is 362 g/mol. The first-order chi connectivity index (χ1) is 14.0. The molecule has 0 atom stereocenters. The number of hydrogen-bond acceptors (Lipinski definition) is 2. The van der Waals surface area contributed by atoms with E-state index in [0.717, 1.165) is 22.3 Å². The van der Waals surface area contributed by atoms with Crippen LogP contribution in [0.15, 0.2) is 77.6 Å². The molecule has 0 fully saturated rings. The topological polar surface area (TPSA) is 59.3 Å². The summed E-state index contributed by atoms with van der Waals surface area (Å²) in [5, 5.41) is 11.3. The number of carbonyl (C=O) groups is 1. The minimum atomic E-state index is -1.11. The van der Waals surface area contributed by atoms with E-state index in [2.05, 4.69) is 0 Å². The van der Waals surface area contributed by atoms with Crippen molar-refractivity contribution in [3.8, 4) is 11.1 Å². The zero-order valence-corrected chi connectivity index (χ0v) is 16.3. The van der Waals surface area contributed by atoms with Crippen molar-refractivity contribution in [2.24, 2.45) is 0 Å². The third kappa shape index (κ3) is 3.34. The predicted octanol–water partition coefficient (Wildman–Crippen LogP) is 5.03. The molecule has 0 bridgehead atoms. The number of benzene rings is 3. The first-order valence-electron chi connectivity index (χ1n) is 9.47. The number of pyridine rings is 1. The molecule has 1 N–H and O–H groups in total. The average molecular weight is 383 g/mol. The van der Waals surface area contributed by atoms with E-state index >= 15 is 0 Å². The minimum Gasteiger partial charge on any atom is -0.477 e. The van der Waals surface area contributed by atoms with Gasteiger partial charge in [-0.2, -0.15) is 0 Å². The molecule has 29 heavy (non-hydrogen) atoms. The molecular formula is C25H21NO3. The van der Waals surface area contributed by atoms with Crippen molar-refractivity contribution in [3.63, 3.8) is 0 Å². The van der Waals surface area contributed by atoms with Gasteiger partial charge < -0.3 is 5.11 Å². The Kier molecular flexibility index (Phi) is 4.77. The SMILES string of the molecule is Cc1ccc(-c2c(C(=O)O)n(Cc3ccccc3)c(=O)c3ccccc23)cc1C. The minimum absolute atomic E-state index is 0.0146. The van der Waals surface area contributed by atoms with Crippen LogP contribution in [0.3, 0.4) is 0 Å². The van der Waals surface area contributed by atoms with Crippen LogP contribution in [0.1, 0.15) is 27.2 Å². The van der Waals surface area contributed by atoms with Gasteiger partial charge >= 0.3 is 5.97 Å². The molecule has 0 aliphatic carbocycles. The second-order valence-corrected chi connectivity index (χ2v) is 7.25. The van der Waals surface area contributed by atoms with E-state index in [4.69, 9.17) is 0 Å². The van der Waals surface area contributed by atoms with Gasteiger partial charge in [-0.25, -0.2) is 4.79 Å². The van der Waals surface area contributed by atoms with Crippen molar-refractivity contribution in [2.75, 3.05) is 0 Å². The molecule has 4 rings (SSSR count). The Morgan fingerprint density at radius 1 is 0.862 bits per heavy atom. The van der Waals surface area contributed by atoms with Gasteiger partial charge in [0.2, 0.25) is 0 Å². The zero-order chi connectivity index (χ0) is 20.5. The second-order valence-electron chi connectivity index (χ2n) is 7.25. The van der Waals surface area contributed by atoms with E-state index in [1.807, 2.05) is 74.5 Å². The van der Waals surface area contributed by atoms with E-state index < -0.39 is 5.97 Å². The third-order valence-electron chi connectivity index (χ3n) is 5.36. The fourth-order valence-corrected chi connectivity index (χ4v) is 3.73. The lowest BCUT2D eigenvalue weighted by Crippen LogP contribution is -2.28. The molecule has 0 aliphatic rings. The zero-order valence-electron chi connectivity index (χ0n) is 16.3. The molecule has 4 heteroatoms. The third-order valence-corrected chi connectivity index (χ3v) is 5.36. The Bertz CT molecular complexity index is 1290. The van der Waals surface area contributed by atoms with Crippen LogP contribution in [0.25, 0.3) is 21.9 Å². The van der Waals surface area contributed by atoms with E-state index in [0.29, 0.717) is 16.3 Å². The summed E-state index contributed by atoms with van der Waals surface area (Å²) in [4.78, 5) is 25.7. The second kappa shape index (κ2) is 7.40. The fourth-order valence-electron chi connectivity index (χ4n) is 3.73. The van der Waals surface area contributed by atoms with Gasteiger partial charge in [-0.05, 0) is 47.6 Å². The number of fused-ring (bicyclic) bond motifs is 1. The number of rotatable bonds is 4. The summed E-state index contributed by atoms with van der Waals surface area (Å²) < 4.78 is 1.38. The van der Waals surface area contributed by atoms with Crippen molar-refractivity contribution in [1.82, 2.24) is 4.57 Å². The molecule has 0 saturated carbocycles. The molecule has 0 amide bonds. The molecule has 1 heterocycles. The lowest BCUT2D eigenvalue weighted by Gasteiger charge is -2.18. The molecule has 0 aliphatic heterocycles. The first kappa shape index (κ1) is 18.7. The maximum atomic E-state index is 13.3. The van der Waals surface area contributed by atoms with E-state index in [9.17, 15) is 14.7 Å². The number of carboxylic acid groups (broad SMARTS) is 1. The Labute approximate surface area is 168 Å². The molecule has 1 aromatic heterocycles. The Morgan fingerprint density at radius 2 is 1.52 bits per heavy atom. The number of aromatic nitrogens is 1. The van der Waals surface area contributed by atoms with Crippen LogP contribution >= 0.6 is 0 Å². The number of carboxylic acids is 1. The normalized spacial score (nSPS) is 11.0. The highest BCUT2D eigenvalue weighted by Gasteiger charge is 2.23. The van der Waals surface area contributed by atoms with Gasteiger partial charge in [-0.15, -0.1) is 0 Å². The smallest absolute Gasteiger partial charge is 0.353 e. The molecule has 0 radical (unpaired) electrons. The molecule has 3 aromatic carbocycles. The van der Waals surface area contributed by atoms with Crippen LogP contribution in [0.5, 0.6) is 0 Å². The number of hydrogen-bond donors (Lipinski definition) is 1. The van der Waals surface area contributed by atoms with Crippen LogP contribution in [0, 0.1) is 13.8 Å². The highest BCUT2D eigenvalue weighted by molar-refractivity contribution is 6.06. The predicted molar refractivity (Wildman–Crippen MR) is 116 cm³/mol. The van der Waals surface area contributed by atoms with Gasteiger partial charge in [-0.1, -0.05) is 66.7 Å². The van der Waals surface area contributed by atoms with Gasteiger partial charge in [0.1, 0.15) is 5.69 Å². The lowest BCUT2D eigenvalue weighted by atomic mass is 9.94. The lowest BCUT2D eigenvalue weighted by molar-refractivity contribution is 0.0685. The van der Waals surface area contributed by atoms with Gasteiger partial charge in [0.25, 0.3) is 5.56 Å². The molecule has 0 saturated heterocycles. The van der Waals surface area contributed by atoms with Crippen LogP contribution in [0.4, 0.5) is 0 Å². The number of nitrogens with zero attached hydrogens (tertiary/aromatic N) is 1. The molecule has 0 spiro atoms. The summed E-state index contributed by atoms with van der Waals surface area (Å²) in [5.74, 6) is -1.11. The number of aryl methyl sites for hydroxylation is 2. The van der Waals surface area contributed by atoms with Gasteiger partial charge in [0, 0.05) is 10.9 Å². The maximum Gasteiger partial charge on any atom is 0.353 e. The molecule has 144 valence electrons. The average Bonchev–Trinajstić information content (AvgIpc) is 2.72. The summed E-state index contributed by atoms with van der Waals surface area (Å²) in [7, 11) is 0. The van der Waals surface area contributed by atoms with Gasteiger partial charge in [0.15, 0.2) is 0 Å². The van der Waals surface area contributed by atoms with Crippen LogP contribution < -0.4 is 5.56 Å². The van der Waals surface area contributed by atoms with E-state index in [1.54, 1.807) is 12.1 Å². The van der Waals surface area contributed by atoms with Crippen LogP contribution in [-0.2, 0) is 6.54 Å². The standard InChI is InChI=1S/C25H21NO3/c1-16-12-13-19(14-17(16)2)22-20-10-6-7-11-21(20)24(27)26(23(22)25(28)29)15-18-8-4-3-5-9-18/h3-14H,15H2,1-2H3,(H,28,29). The number of aromatic carboxylic acids is 1.